The Morgan fingerprint density at radius 1 is 1.24 bits per heavy atom. The maximum atomic E-state index is 12.8. The van der Waals surface area contributed by atoms with E-state index in [0.29, 0.717) is 17.7 Å². The lowest BCUT2D eigenvalue weighted by atomic mass is 10.1. The standard InChI is InChI=1S/C19H26N2O4/c1-11(2)9-17(22)20-16-8-5-14(10-12(16)3)18(23)21(15-6-7-15)13(4)19(24)25/h5,8,10-11,13,15H,6-7,9H2,1-4H3,(H,20,22)(H,24,25). The Hall–Kier alpha value is -2.37. The molecule has 1 saturated carbocycles. The predicted molar refractivity (Wildman–Crippen MR) is 95.6 cm³/mol. The van der Waals surface area contributed by atoms with Crippen molar-refractivity contribution in [3.8, 4) is 0 Å². The number of carbonyl (C=O) groups excluding carboxylic acids is 2. The van der Waals surface area contributed by atoms with Crippen LogP contribution in [-0.2, 0) is 9.59 Å². The summed E-state index contributed by atoms with van der Waals surface area (Å²) in [6.45, 7) is 7.31. The fraction of sp³-hybridized carbons (Fsp3) is 0.526. The molecule has 0 saturated heterocycles. The highest BCUT2D eigenvalue weighted by molar-refractivity contribution is 5.98. The molecule has 0 aromatic heterocycles. The summed E-state index contributed by atoms with van der Waals surface area (Å²) in [5, 5.41) is 12.1. The number of nitrogens with one attached hydrogen (secondary N) is 1. The molecule has 1 aliphatic rings. The molecule has 1 unspecified atom stereocenters. The van der Waals surface area contributed by atoms with Gasteiger partial charge in [-0.1, -0.05) is 13.8 Å². The van der Waals surface area contributed by atoms with Gasteiger partial charge in [0, 0.05) is 23.7 Å². The van der Waals surface area contributed by atoms with Crippen molar-refractivity contribution in [2.75, 3.05) is 5.32 Å². The van der Waals surface area contributed by atoms with E-state index in [0.717, 1.165) is 18.4 Å². The number of aryl methyl sites for hydroxylation is 1. The number of carboxylic acid groups (broad SMARTS) is 1. The van der Waals surface area contributed by atoms with E-state index in [1.54, 1.807) is 18.2 Å². The van der Waals surface area contributed by atoms with E-state index >= 15 is 0 Å². The lowest BCUT2D eigenvalue weighted by Crippen LogP contribution is -2.44. The Morgan fingerprint density at radius 2 is 1.88 bits per heavy atom. The van der Waals surface area contributed by atoms with Gasteiger partial charge in [0.2, 0.25) is 5.91 Å². The van der Waals surface area contributed by atoms with Gasteiger partial charge >= 0.3 is 5.97 Å². The van der Waals surface area contributed by atoms with Crippen LogP contribution in [0.3, 0.4) is 0 Å². The third-order valence-electron chi connectivity index (χ3n) is 4.29. The topological polar surface area (TPSA) is 86.7 Å². The number of hydrogen-bond acceptors (Lipinski definition) is 3. The van der Waals surface area contributed by atoms with Crippen molar-refractivity contribution in [2.45, 2.75) is 59.0 Å². The zero-order valence-electron chi connectivity index (χ0n) is 15.2. The number of aliphatic carboxylic acids is 1. The summed E-state index contributed by atoms with van der Waals surface area (Å²) < 4.78 is 0. The van der Waals surface area contributed by atoms with E-state index in [4.69, 9.17) is 0 Å². The minimum absolute atomic E-state index is 0.00401. The highest BCUT2D eigenvalue weighted by atomic mass is 16.4. The molecule has 1 aromatic rings. The number of rotatable bonds is 7. The molecule has 0 aliphatic heterocycles. The zero-order valence-corrected chi connectivity index (χ0v) is 15.2. The molecular weight excluding hydrogens is 320 g/mol. The average molecular weight is 346 g/mol. The van der Waals surface area contributed by atoms with Crippen molar-refractivity contribution in [3.63, 3.8) is 0 Å². The number of amides is 2. The minimum atomic E-state index is -1.01. The minimum Gasteiger partial charge on any atom is -0.480 e. The molecule has 6 nitrogen and oxygen atoms in total. The molecule has 0 bridgehead atoms. The van der Waals surface area contributed by atoms with Crippen molar-refractivity contribution >= 4 is 23.5 Å². The van der Waals surface area contributed by atoms with Gasteiger partial charge < -0.3 is 15.3 Å². The fourth-order valence-electron chi connectivity index (χ4n) is 2.79. The zero-order chi connectivity index (χ0) is 18.7. The van der Waals surface area contributed by atoms with Gasteiger partial charge in [0.25, 0.3) is 5.91 Å². The molecule has 1 atom stereocenters. The first-order chi connectivity index (χ1) is 11.7. The van der Waals surface area contributed by atoms with E-state index in [9.17, 15) is 19.5 Å². The molecule has 2 rings (SSSR count). The third kappa shape index (κ3) is 4.81. The second-order valence-electron chi connectivity index (χ2n) is 7.13. The van der Waals surface area contributed by atoms with Crippen LogP contribution in [0.15, 0.2) is 18.2 Å². The highest BCUT2D eigenvalue weighted by Gasteiger charge is 2.38. The van der Waals surface area contributed by atoms with Crippen LogP contribution in [0.1, 0.15) is 56.0 Å². The van der Waals surface area contributed by atoms with Crippen LogP contribution in [0, 0.1) is 12.8 Å². The number of anilines is 1. The first-order valence-corrected chi connectivity index (χ1v) is 8.66. The molecule has 25 heavy (non-hydrogen) atoms. The highest BCUT2D eigenvalue weighted by Crippen LogP contribution is 2.31. The molecule has 1 fully saturated rings. The lowest BCUT2D eigenvalue weighted by molar-refractivity contribution is -0.141. The van der Waals surface area contributed by atoms with Crippen molar-refractivity contribution in [1.29, 1.82) is 0 Å². The second-order valence-corrected chi connectivity index (χ2v) is 7.13. The van der Waals surface area contributed by atoms with Crippen LogP contribution < -0.4 is 5.32 Å². The first kappa shape index (κ1) is 19.0. The van der Waals surface area contributed by atoms with E-state index in [-0.39, 0.29) is 23.8 Å². The molecule has 1 aliphatic carbocycles. The van der Waals surface area contributed by atoms with Crippen LogP contribution in [0.4, 0.5) is 5.69 Å². The van der Waals surface area contributed by atoms with Gasteiger partial charge in [-0.15, -0.1) is 0 Å². The molecular formula is C19H26N2O4. The normalized spacial score (nSPS) is 14.9. The summed E-state index contributed by atoms with van der Waals surface area (Å²) in [4.78, 5) is 37.4. The quantitative estimate of drug-likeness (QED) is 0.794. The van der Waals surface area contributed by atoms with E-state index in [1.807, 2.05) is 20.8 Å². The molecule has 0 radical (unpaired) electrons. The fourth-order valence-corrected chi connectivity index (χ4v) is 2.79. The van der Waals surface area contributed by atoms with Gasteiger partial charge in [-0.2, -0.15) is 0 Å². The van der Waals surface area contributed by atoms with Crippen LogP contribution in [0.5, 0.6) is 0 Å². The maximum Gasteiger partial charge on any atom is 0.326 e. The summed E-state index contributed by atoms with van der Waals surface area (Å²) in [7, 11) is 0. The number of nitrogens with zero attached hydrogens (tertiary/aromatic N) is 1. The monoisotopic (exact) mass is 346 g/mol. The van der Waals surface area contributed by atoms with E-state index in [2.05, 4.69) is 5.32 Å². The van der Waals surface area contributed by atoms with Crippen LogP contribution in [0.25, 0.3) is 0 Å². The molecule has 1 aromatic carbocycles. The summed E-state index contributed by atoms with van der Waals surface area (Å²) in [5.74, 6) is -1.07. The average Bonchev–Trinajstić information content (AvgIpc) is 3.33. The Morgan fingerprint density at radius 3 is 2.36 bits per heavy atom. The number of hydrogen-bond donors (Lipinski definition) is 2. The van der Waals surface area contributed by atoms with Crippen LogP contribution in [0.2, 0.25) is 0 Å². The van der Waals surface area contributed by atoms with Crippen molar-refractivity contribution < 1.29 is 19.5 Å². The van der Waals surface area contributed by atoms with Crippen molar-refractivity contribution in [1.82, 2.24) is 4.90 Å². The van der Waals surface area contributed by atoms with Crippen LogP contribution >= 0.6 is 0 Å². The smallest absolute Gasteiger partial charge is 0.326 e. The van der Waals surface area contributed by atoms with Gasteiger partial charge in [0.05, 0.1) is 0 Å². The van der Waals surface area contributed by atoms with Gasteiger partial charge in [-0.25, -0.2) is 4.79 Å². The molecule has 0 spiro atoms. The van der Waals surface area contributed by atoms with Gasteiger partial charge in [0.15, 0.2) is 0 Å². The van der Waals surface area contributed by atoms with Crippen LogP contribution in [-0.4, -0.2) is 39.9 Å². The lowest BCUT2D eigenvalue weighted by Gasteiger charge is -2.26. The van der Waals surface area contributed by atoms with E-state index in [1.165, 1.54) is 11.8 Å². The summed E-state index contributed by atoms with van der Waals surface area (Å²) >= 11 is 0. The molecule has 6 heteroatoms. The van der Waals surface area contributed by atoms with E-state index < -0.39 is 12.0 Å². The summed E-state index contributed by atoms with van der Waals surface area (Å²) in [5.41, 5.74) is 1.90. The summed E-state index contributed by atoms with van der Waals surface area (Å²) in [6, 6.07) is 4.20. The van der Waals surface area contributed by atoms with Gasteiger partial charge in [-0.05, 0) is 56.4 Å². The first-order valence-electron chi connectivity index (χ1n) is 8.66. The van der Waals surface area contributed by atoms with Gasteiger partial charge in [-0.3, -0.25) is 9.59 Å². The largest absolute Gasteiger partial charge is 0.480 e. The molecule has 2 amide bonds. The SMILES string of the molecule is Cc1cc(C(=O)N(C2CC2)C(C)C(=O)O)ccc1NC(=O)CC(C)C. The van der Waals surface area contributed by atoms with Crippen molar-refractivity contribution in [3.05, 3.63) is 29.3 Å². The Balaban J connectivity index is 2.16. The number of carboxylic acids is 1. The number of carbonyl (C=O) groups is 3. The summed E-state index contributed by atoms with van der Waals surface area (Å²) in [6.07, 6.45) is 2.11. The Kier molecular flexibility index (Phi) is 5.82. The molecule has 0 heterocycles. The Labute approximate surface area is 148 Å². The molecule has 136 valence electrons. The second kappa shape index (κ2) is 7.68. The predicted octanol–water partition coefficient (Wildman–Crippen LogP) is 3.06. The van der Waals surface area contributed by atoms with Gasteiger partial charge in [0.1, 0.15) is 6.04 Å². The maximum absolute atomic E-state index is 12.8. The molecule has 2 N–H and O–H groups in total. The third-order valence-corrected chi connectivity index (χ3v) is 4.29. The number of benzene rings is 1. The Bertz CT molecular complexity index is 680. The van der Waals surface area contributed by atoms with Crippen molar-refractivity contribution in [2.24, 2.45) is 5.92 Å².